The quantitative estimate of drug-likeness (QED) is 0.239. The van der Waals surface area contributed by atoms with E-state index in [0.717, 1.165) is 16.8 Å². The summed E-state index contributed by atoms with van der Waals surface area (Å²) in [6.45, 7) is 1.36. The van der Waals surface area contributed by atoms with Crippen LogP contribution in [0.3, 0.4) is 0 Å². The number of carbonyl (C=O) groups excluding carboxylic acids is 1. The van der Waals surface area contributed by atoms with Crippen molar-refractivity contribution >= 4 is 33.4 Å². The molecule has 0 bridgehead atoms. The van der Waals surface area contributed by atoms with Crippen LogP contribution in [-0.4, -0.2) is 57.9 Å². The molecule has 1 aliphatic heterocycles. The summed E-state index contributed by atoms with van der Waals surface area (Å²) in [5, 5.41) is 3.59. The van der Waals surface area contributed by atoms with Gasteiger partial charge >= 0.3 is 6.18 Å². The van der Waals surface area contributed by atoms with Crippen LogP contribution in [0.2, 0.25) is 0 Å². The lowest BCUT2D eigenvalue weighted by Gasteiger charge is -2.31. The number of nitrogens with one attached hydrogen (secondary N) is 1. The Balaban J connectivity index is 1.41. The van der Waals surface area contributed by atoms with Gasteiger partial charge in [-0.2, -0.15) is 18.2 Å². The smallest absolute Gasteiger partial charge is 0.416 e. The van der Waals surface area contributed by atoms with Crippen LogP contribution >= 0.6 is 11.3 Å². The number of alkyl halides is 5. The fourth-order valence-corrected chi connectivity index (χ4v) is 5.35. The summed E-state index contributed by atoms with van der Waals surface area (Å²) in [7, 11) is 0. The van der Waals surface area contributed by atoms with E-state index in [1.54, 1.807) is 12.1 Å². The first-order chi connectivity index (χ1) is 19.4. The molecule has 1 aliphatic rings. The fourth-order valence-electron chi connectivity index (χ4n) is 4.35. The number of carbonyl (C=O) groups is 1. The molecule has 5 rings (SSSR count). The molecule has 0 unspecified atom stereocenters. The summed E-state index contributed by atoms with van der Waals surface area (Å²) in [6, 6.07) is 11.3. The van der Waals surface area contributed by atoms with E-state index in [-0.39, 0.29) is 44.2 Å². The maximum absolute atomic E-state index is 13.5. The number of primary amides is 1. The fraction of sp³-hybridized carbons (Fsp3) is 0.333. The highest BCUT2D eigenvalue weighted by molar-refractivity contribution is 7.18. The van der Waals surface area contributed by atoms with Crippen LogP contribution in [0.1, 0.15) is 23.4 Å². The van der Waals surface area contributed by atoms with Crippen molar-refractivity contribution in [3.05, 3.63) is 59.1 Å². The summed E-state index contributed by atoms with van der Waals surface area (Å²) in [4.78, 5) is 26.6. The number of piperidine rings is 1. The highest BCUT2D eigenvalue weighted by atomic mass is 32.1. The first kappa shape index (κ1) is 28.6. The van der Waals surface area contributed by atoms with Crippen LogP contribution in [0.4, 0.5) is 27.9 Å². The number of nitrogens with two attached hydrogens (primary N) is 1. The molecule has 8 nitrogen and oxygen atoms in total. The van der Waals surface area contributed by atoms with Crippen LogP contribution in [0.25, 0.3) is 21.5 Å². The molecule has 41 heavy (non-hydrogen) atoms. The molecular formula is C27H25F5N6O2S. The van der Waals surface area contributed by atoms with Crippen LogP contribution in [-0.2, 0) is 17.4 Å². The lowest BCUT2D eigenvalue weighted by Crippen LogP contribution is -2.41. The zero-order chi connectivity index (χ0) is 29.2. The molecule has 4 aromatic rings. The summed E-state index contributed by atoms with van der Waals surface area (Å²) < 4.78 is 73.1. The zero-order valence-electron chi connectivity index (χ0n) is 21.5. The number of fused-ring (bicyclic) bond motifs is 1. The van der Waals surface area contributed by atoms with Gasteiger partial charge in [-0.25, -0.2) is 18.7 Å². The van der Waals surface area contributed by atoms with E-state index >= 15 is 0 Å². The average Bonchev–Trinajstić information content (AvgIpc) is 3.32. The Morgan fingerprint density at radius 2 is 1.80 bits per heavy atom. The molecule has 0 spiro atoms. The number of hydrogen-bond donors (Lipinski definition) is 2. The van der Waals surface area contributed by atoms with Gasteiger partial charge in [0.1, 0.15) is 10.5 Å². The van der Waals surface area contributed by atoms with E-state index < -0.39 is 23.6 Å². The standard InChI is InChI=1S/C27H25F5N6O2S/c28-26(29)8-11-38(12-9-26)13-10-34-25-35-18(16-4-6-17(7-5-16)27(30,31)32)14-22(36-25)40-19-2-1-3-20-24(19)37-23(41-20)15-21(33)39/h1-7,14H,8-13,15H2,(H2,33,39)(H,34,35,36). The van der Waals surface area contributed by atoms with Gasteiger partial charge in [-0.1, -0.05) is 18.2 Å². The minimum Gasteiger partial charge on any atom is -0.437 e. The lowest BCUT2D eigenvalue weighted by molar-refractivity contribution is -0.137. The predicted molar refractivity (Wildman–Crippen MR) is 144 cm³/mol. The molecule has 3 heterocycles. The molecule has 0 aliphatic carbocycles. The Kier molecular flexibility index (Phi) is 8.04. The van der Waals surface area contributed by atoms with E-state index in [1.165, 1.54) is 29.5 Å². The van der Waals surface area contributed by atoms with Gasteiger partial charge in [-0.3, -0.25) is 4.79 Å². The van der Waals surface area contributed by atoms with E-state index in [1.807, 2.05) is 11.0 Å². The molecular weight excluding hydrogens is 567 g/mol. The second kappa shape index (κ2) is 11.5. The van der Waals surface area contributed by atoms with Crippen molar-refractivity contribution in [2.24, 2.45) is 5.73 Å². The Morgan fingerprint density at radius 1 is 1.07 bits per heavy atom. The Labute approximate surface area is 235 Å². The van der Waals surface area contributed by atoms with Crippen molar-refractivity contribution in [2.45, 2.75) is 31.4 Å². The Bertz CT molecular complexity index is 1530. The average molecular weight is 593 g/mol. The molecule has 0 saturated carbocycles. The van der Waals surface area contributed by atoms with Gasteiger partial charge in [-0.15, -0.1) is 11.3 Å². The number of ether oxygens (including phenoxy) is 1. The van der Waals surface area contributed by atoms with Crippen molar-refractivity contribution in [1.82, 2.24) is 19.9 Å². The third-order valence-electron chi connectivity index (χ3n) is 6.48. The summed E-state index contributed by atoms with van der Waals surface area (Å²) in [5.74, 6) is -2.55. The number of para-hydroxylation sites is 1. The molecule has 0 radical (unpaired) electrons. The molecule has 2 aromatic heterocycles. The van der Waals surface area contributed by atoms with Gasteiger partial charge in [0.25, 0.3) is 5.92 Å². The maximum Gasteiger partial charge on any atom is 0.416 e. The van der Waals surface area contributed by atoms with E-state index in [2.05, 4.69) is 20.3 Å². The zero-order valence-corrected chi connectivity index (χ0v) is 22.4. The van der Waals surface area contributed by atoms with E-state index in [9.17, 15) is 26.7 Å². The number of likely N-dealkylation sites (tertiary alicyclic amines) is 1. The van der Waals surface area contributed by atoms with Crippen molar-refractivity contribution in [3.8, 4) is 22.9 Å². The number of nitrogens with zero attached hydrogens (tertiary/aromatic N) is 4. The number of halogens is 5. The van der Waals surface area contributed by atoms with Gasteiger partial charge < -0.3 is 20.7 Å². The number of aromatic nitrogens is 3. The van der Waals surface area contributed by atoms with Crippen LogP contribution in [0.15, 0.2) is 48.5 Å². The molecule has 1 saturated heterocycles. The first-order valence-corrected chi connectivity index (χ1v) is 13.5. The highest BCUT2D eigenvalue weighted by Crippen LogP contribution is 2.35. The van der Waals surface area contributed by atoms with E-state index in [0.29, 0.717) is 40.6 Å². The number of rotatable bonds is 9. The predicted octanol–water partition coefficient (Wildman–Crippen LogP) is 5.74. The SMILES string of the molecule is NC(=O)Cc1nc2c(Oc3cc(-c4ccc(C(F)(F)F)cc4)nc(NCCN4CCC(F)(F)CC4)n3)cccc2s1. The molecule has 0 atom stereocenters. The van der Waals surface area contributed by atoms with Gasteiger partial charge in [0, 0.05) is 50.7 Å². The van der Waals surface area contributed by atoms with Gasteiger partial charge in [0.15, 0.2) is 5.75 Å². The van der Waals surface area contributed by atoms with Crippen molar-refractivity contribution in [2.75, 3.05) is 31.5 Å². The maximum atomic E-state index is 13.5. The third-order valence-corrected chi connectivity index (χ3v) is 7.50. The molecule has 216 valence electrons. The number of thiazole rings is 1. The van der Waals surface area contributed by atoms with E-state index in [4.69, 9.17) is 10.5 Å². The van der Waals surface area contributed by atoms with Gasteiger partial charge in [0.05, 0.1) is 22.4 Å². The molecule has 1 fully saturated rings. The Hall–Kier alpha value is -3.91. The third kappa shape index (κ3) is 7.24. The minimum atomic E-state index is -4.48. The number of anilines is 1. The largest absolute Gasteiger partial charge is 0.437 e. The highest BCUT2D eigenvalue weighted by Gasteiger charge is 2.33. The van der Waals surface area contributed by atoms with Crippen LogP contribution < -0.4 is 15.8 Å². The van der Waals surface area contributed by atoms with Crippen LogP contribution in [0, 0.1) is 0 Å². The normalized spacial score (nSPS) is 15.6. The molecule has 14 heteroatoms. The lowest BCUT2D eigenvalue weighted by atomic mass is 10.1. The topological polar surface area (TPSA) is 106 Å². The van der Waals surface area contributed by atoms with Gasteiger partial charge in [-0.05, 0) is 24.3 Å². The van der Waals surface area contributed by atoms with Crippen LogP contribution in [0.5, 0.6) is 11.6 Å². The summed E-state index contributed by atoms with van der Waals surface area (Å²) >= 11 is 1.30. The second-order valence-electron chi connectivity index (χ2n) is 9.57. The van der Waals surface area contributed by atoms with Gasteiger partial charge in [0.2, 0.25) is 17.7 Å². The monoisotopic (exact) mass is 592 g/mol. The summed E-state index contributed by atoms with van der Waals surface area (Å²) in [5.41, 5.74) is 5.72. The van der Waals surface area contributed by atoms with Crippen molar-refractivity contribution in [1.29, 1.82) is 0 Å². The second-order valence-corrected chi connectivity index (χ2v) is 10.7. The Morgan fingerprint density at radius 3 is 2.49 bits per heavy atom. The number of hydrogen-bond acceptors (Lipinski definition) is 8. The van der Waals surface area contributed by atoms with Crippen molar-refractivity contribution < 1.29 is 31.5 Å². The molecule has 2 aromatic carbocycles. The molecule has 3 N–H and O–H groups in total. The number of amides is 1. The molecule has 1 amide bonds. The van der Waals surface area contributed by atoms with Crippen molar-refractivity contribution in [3.63, 3.8) is 0 Å². The number of benzene rings is 2. The first-order valence-electron chi connectivity index (χ1n) is 12.7. The minimum absolute atomic E-state index is 0.0207. The summed E-state index contributed by atoms with van der Waals surface area (Å²) in [6.07, 6.45) is -4.90.